The molecule has 2 atom stereocenters. The molecule has 29 heavy (non-hydrogen) atoms. The molecule has 0 radical (unpaired) electrons. The molecule has 1 saturated carbocycles. The van der Waals surface area contributed by atoms with Gasteiger partial charge in [0.25, 0.3) is 5.91 Å². The third-order valence-corrected chi connectivity index (χ3v) is 4.79. The zero-order valence-electron chi connectivity index (χ0n) is 16.2. The average Bonchev–Trinajstić information content (AvgIpc) is 3.01. The summed E-state index contributed by atoms with van der Waals surface area (Å²) in [5, 5.41) is 6.73. The van der Waals surface area contributed by atoms with Gasteiger partial charge in [-0.05, 0) is 27.2 Å². The lowest BCUT2D eigenvalue weighted by atomic mass is 10.1. The molecule has 3 amide bonds. The molecule has 1 saturated heterocycles. The van der Waals surface area contributed by atoms with Crippen LogP contribution in [0, 0.1) is 5.92 Å². The summed E-state index contributed by atoms with van der Waals surface area (Å²) >= 11 is 6.16. The lowest BCUT2D eigenvalue weighted by molar-refractivity contribution is -0.124. The van der Waals surface area contributed by atoms with Gasteiger partial charge in [-0.3, -0.25) is 19.8 Å². The summed E-state index contributed by atoms with van der Waals surface area (Å²) in [7, 11) is 0. The fraction of sp³-hybridized carbons (Fsp3) is 0.421. The second-order valence-electron chi connectivity index (χ2n) is 8.10. The van der Waals surface area contributed by atoms with Crippen molar-refractivity contribution in [3.63, 3.8) is 0 Å². The highest BCUT2D eigenvalue weighted by Gasteiger charge is 2.46. The van der Waals surface area contributed by atoms with Crippen molar-refractivity contribution in [3.8, 4) is 0 Å². The number of ether oxygens (including phenoxy) is 1. The maximum absolute atomic E-state index is 13.1. The Kier molecular flexibility index (Phi) is 4.57. The first kappa shape index (κ1) is 19.4. The maximum Gasteiger partial charge on any atom is 0.416 e. The molecule has 2 unspecified atom stereocenters. The number of aromatic nitrogens is 3. The van der Waals surface area contributed by atoms with Crippen LogP contribution in [0.2, 0.25) is 5.15 Å². The summed E-state index contributed by atoms with van der Waals surface area (Å²) in [6.07, 6.45) is 3.45. The zero-order valence-corrected chi connectivity index (χ0v) is 16.9. The molecule has 9 nitrogen and oxygen atoms in total. The predicted octanol–water partition coefficient (Wildman–Crippen LogP) is 2.49. The highest BCUT2D eigenvalue weighted by molar-refractivity contribution is 6.29. The van der Waals surface area contributed by atoms with Gasteiger partial charge in [0.2, 0.25) is 5.91 Å². The highest BCUT2D eigenvalue weighted by atomic mass is 35.5. The topological polar surface area (TPSA) is 106 Å². The Morgan fingerprint density at radius 3 is 2.83 bits per heavy atom. The molecule has 10 heteroatoms. The molecule has 2 aromatic heterocycles. The van der Waals surface area contributed by atoms with E-state index >= 15 is 0 Å². The summed E-state index contributed by atoms with van der Waals surface area (Å²) < 4.78 is 7.12. The van der Waals surface area contributed by atoms with Crippen molar-refractivity contribution in [2.24, 2.45) is 5.92 Å². The quantitative estimate of drug-likeness (QED) is 0.467. The molecule has 4 rings (SSSR count). The molecular formula is C19H20ClN5O4. The van der Waals surface area contributed by atoms with E-state index in [0.717, 1.165) is 0 Å². The Bertz CT molecular complexity index is 1050. The molecule has 2 aromatic rings. The van der Waals surface area contributed by atoms with Crippen LogP contribution >= 0.6 is 11.6 Å². The Balaban J connectivity index is 1.70. The van der Waals surface area contributed by atoms with Crippen molar-refractivity contribution >= 4 is 41.0 Å². The SMILES string of the molecule is CC(C)(C)OC(=O)N(c1cc(Cl)nc2ccnn12)C1CC1C=C1CC(=O)NC1=O. The number of halogens is 1. The van der Waals surface area contributed by atoms with Gasteiger partial charge >= 0.3 is 6.09 Å². The van der Waals surface area contributed by atoms with Crippen LogP contribution in [0.15, 0.2) is 30.0 Å². The number of hydrogen-bond donors (Lipinski definition) is 1. The van der Waals surface area contributed by atoms with Crippen molar-refractivity contribution < 1.29 is 19.1 Å². The number of carbonyl (C=O) groups is 3. The van der Waals surface area contributed by atoms with Crippen molar-refractivity contribution in [2.45, 2.75) is 45.3 Å². The molecule has 2 aliphatic rings. The van der Waals surface area contributed by atoms with Gasteiger partial charge in [0.1, 0.15) is 16.6 Å². The van der Waals surface area contributed by atoms with E-state index in [1.54, 1.807) is 45.2 Å². The Labute approximate surface area is 171 Å². The van der Waals surface area contributed by atoms with Crippen molar-refractivity contribution in [1.82, 2.24) is 19.9 Å². The van der Waals surface area contributed by atoms with Crippen LogP contribution in [0.3, 0.4) is 0 Å². The predicted molar refractivity (Wildman–Crippen MR) is 104 cm³/mol. The van der Waals surface area contributed by atoms with Gasteiger partial charge in [-0.2, -0.15) is 9.61 Å². The van der Waals surface area contributed by atoms with Crippen LogP contribution in [-0.4, -0.2) is 44.1 Å². The average molecular weight is 418 g/mol. The number of nitrogens with zero attached hydrogens (tertiary/aromatic N) is 4. The first-order valence-electron chi connectivity index (χ1n) is 9.20. The van der Waals surface area contributed by atoms with Crippen molar-refractivity contribution in [1.29, 1.82) is 0 Å². The van der Waals surface area contributed by atoms with Crippen LogP contribution in [0.4, 0.5) is 10.6 Å². The van der Waals surface area contributed by atoms with Crippen molar-refractivity contribution in [2.75, 3.05) is 4.90 Å². The number of fused-ring (bicyclic) bond motifs is 1. The fourth-order valence-electron chi connectivity index (χ4n) is 3.32. The number of hydrogen-bond acceptors (Lipinski definition) is 6. The molecule has 1 aliphatic heterocycles. The fourth-order valence-corrected chi connectivity index (χ4v) is 3.51. The van der Waals surface area contributed by atoms with E-state index < -0.39 is 11.7 Å². The third kappa shape index (κ3) is 3.95. The molecule has 152 valence electrons. The van der Waals surface area contributed by atoms with Gasteiger partial charge in [0.05, 0.1) is 12.6 Å². The maximum atomic E-state index is 13.1. The molecule has 3 heterocycles. The summed E-state index contributed by atoms with van der Waals surface area (Å²) in [5.41, 5.74) is 0.219. The number of nitrogens with one attached hydrogen (secondary N) is 1. The lowest BCUT2D eigenvalue weighted by Crippen LogP contribution is -2.40. The molecule has 0 bridgehead atoms. The third-order valence-electron chi connectivity index (χ3n) is 4.59. The van der Waals surface area contributed by atoms with E-state index in [-0.39, 0.29) is 35.3 Å². The summed E-state index contributed by atoms with van der Waals surface area (Å²) in [5.74, 6) is -0.365. The van der Waals surface area contributed by atoms with Crippen LogP contribution in [0.25, 0.3) is 5.65 Å². The lowest BCUT2D eigenvalue weighted by Gasteiger charge is -2.28. The minimum atomic E-state index is -0.698. The van der Waals surface area contributed by atoms with E-state index in [4.69, 9.17) is 16.3 Å². The van der Waals surface area contributed by atoms with Gasteiger partial charge in [-0.15, -0.1) is 0 Å². The number of anilines is 1. The number of rotatable bonds is 3. The summed E-state index contributed by atoms with van der Waals surface area (Å²) in [4.78, 5) is 42.0. The number of amides is 3. The molecule has 0 aromatic carbocycles. The van der Waals surface area contributed by atoms with Crippen molar-refractivity contribution in [3.05, 3.63) is 35.1 Å². The highest BCUT2D eigenvalue weighted by Crippen LogP contribution is 2.42. The van der Waals surface area contributed by atoms with E-state index in [1.807, 2.05) is 0 Å². The smallest absolute Gasteiger partial charge is 0.416 e. The van der Waals surface area contributed by atoms with Crippen LogP contribution in [0.5, 0.6) is 0 Å². The van der Waals surface area contributed by atoms with Gasteiger partial charge < -0.3 is 4.74 Å². The molecular weight excluding hydrogens is 398 g/mol. The monoisotopic (exact) mass is 417 g/mol. The Morgan fingerprint density at radius 2 is 2.17 bits per heavy atom. The first-order chi connectivity index (χ1) is 13.6. The van der Waals surface area contributed by atoms with Gasteiger partial charge in [-0.1, -0.05) is 17.7 Å². The van der Waals surface area contributed by atoms with E-state index in [1.165, 1.54) is 9.42 Å². The van der Waals surface area contributed by atoms with Crippen LogP contribution < -0.4 is 10.2 Å². The standard InChI is InChI=1S/C19H20ClN5O4/c1-19(2,3)29-18(28)24(16-9-13(20)22-14-4-5-21-25(14)16)12-7-10(12)6-11-8-15(26)23-17(11)27/h4-6,9-10,12H,7-8H2,1-3H3,(H,23,26,27). The minimum Gasteiger partial charge on any atom is -0.443 e. The van der Waals surface area contributed by atoms with Crippen LogP contribution in [0.1, 0.15) is 33.6 Å². The molecule has 0 spiro atoms. The van der Waals surface area contributed by atoms with Gasteiger partial charge in [0, 0.05) is 29.7 Å². The van der Waals surface area contributed by atoms with Gasteiger partial charge in [0.15, 0.2) is 5.65 Å². The van der Waals surface area contributed by atoms with E-state index in [2.05, 4.69) is 15.4 Å². The second-order valence-corrected chi connectivity index (χ2v) is 8.49. The Hall–Kier alpha value is -2.94. The summed E-state index contributed by atoms with van der Waals surface area (Å²) in [6, 6.07) is 2.98. The largest absolute Gasteiger partial charge is 0.443 e. The zero-order chi connectivity index (χ0) is 20.9. The van der Waals surface area contributed by atoms with Crippen LogP contribution in [-0.2, 0) is 14.3 Å². The summed E-state index contributed by atoms with van der Waals surface area (Å²) in [6.45, 7) is 5.35. The number of carbonyl (C=O) groups excluding carboxylic acids is 3. The van der Waals surface area contributed by atoms with E-state index in [0.29, 0.717) is 23.5 Å². The normalized spacial score (nSPS) is 22.8. The molecule has 2 fully saturated rings. The van der Waals surface area contributed by atoms with Gasteiger partial charge in [-0.25, -0.2) is 9.78 Å². The minimum absolute atomic E-state index is 0.0545. The second kappa shape index (κ2) is 6.84. The van der Waals surface area contributed by atoms with E-state index in [9.17, 15) is 14.4 Å². The first-order valence-corrected chi connectivity index (χ1v) is 9.57. The molecule has 1 N–H and O–H groups in total. The Morgan fingerprint density at radius 1 is 1.41 bits per heavy atom. The number of imide groups is 1. The molecule has 1 aliphatic carbocycles.